The van der Waals surface area contributed by atoms with E-state index in [2.05, 4.69) is 33.2 Å². The number of benzene rings is 1. The third kappa shape index (κ3) is 5.27. The highest BCUT2D eigenvalue weighted by molar-refractivity contribution is 7.91. The number of halogens is 3. The monoisotopic (exact) mass is 579 g/mol. The van der Waals surface area contributed by atoms with Gasteiger partial charge in [0.25, 0.3) is 5.91 Å². The average Bonchev–Trinajstić information content (AvgIpc) is 3.34. The summed E-state index contributed by atoms with van der Waals surface area (Å²) in [5, 5.41) is 3.10. The third-order valence-corrected chi connectivity index (χ3v) is 10.2. The largest absolute Gasteiger partial charge is 0.420 e. The Morgan fingerprint density at radius 1 is 1.13 bits per heavy atom. The van der Waals surface area contributed by atoms with Crippen molar-refractivity contribution in [2.45, 2.75) is 44.3 Å². The summed E-state index contributed by atoms with van der Waals surface area (Å²) in [6.07, 6.45) is -2.54. The molecule has 0 aliphatic carbocycles. The number of thiophene rings is 1. The number of nitrogens with zero attached hydrogens (tertiary/aromatic N) is 4. The van der Waals surface area contributed by atoms with Crippen molar-refractivity contribution >= 4 is 38.7 Å². The van der Waals surface area contributed by atoms with Crippen LogP contribution < -0.4 is 5.32 Å². The van der Waals surface area contributed by atoms with Crippen molar-refractivity contribution in [3.8, 4) is 10.6 Å². The lowest BCUT2D eigenvalue weighted by atomic mass is 9.95. The van der Waals surface area contributed by atoms with Gasteiger partial charge in [-0.3, -0.25) is 9.69 Å². The summed E-state index contributed by atoms with van der Waals surface area (Å²) in [6, 6.07) is 5.26. The Kier molecular flexibility index (Phi) is 7.18. The standard InChI is InChI=1S/C26H28F3N5O3S2/c1-4-15-10-17-14-34(5-2)7-6-16(17)11-19(15)31-25-30-13-18(26(27,28)29)22(32-25)20-12-21-23(38-20)24(35)33(3)8-9-39(21,36)37/h10-13H,4-9,14H2,1-3H3,(H,30,31,32). The Labute approximate surface area is 228 Å². The average molecular weight is 580 g/mol. The van der Waals surface area contributed by atoms with Crippen LogP contribution in [0.25, 0.3) is 10.6 Å². The molecule has 5 rings (SSSR count). The lowest BCUT2D eigenvalue weighted by molar-refractivity contribution is -0.137. The molecule has 2 aliphatic heterocycles. The minimum Gasteiger partial charge on any atom is -0.340 e. The molecule has 3 aromatic rings. The van der Waals surface area contributed by atoms with Gasteiger partial charge in [-0.05, 0) is 48.2 Å². The molecule has 0 atom stereocenters. The maximum atomic E-state index is 14.0. The second-order valence-corrected chi connectivity index (χ2v) is 12.8. The predicted molar refractivity (Wildman–Crippen MR) is 143 cm³/mol. The van der Waals surface area contributed by atoms with Crippen LogP contribution in [0.2, 0.25) is 0 Å². The quantitative estimate of drug-likeness (QED) is 0.466. The maximum absolute atomic E-state index is 14.0. The highest BCUT2D eigenvalue weighted by atomic mass is 32.2. The first kappa shape index (κ1) is 27.5. The number of nitrogens with one attached hydrogen (secondary N) is 1. The van der Waals surface area contributed by atoms with E-state index in [1.165, 1.54) is 23.1 Å². The van der Waals surface area contributed by atoms with Gasteiger partial charge in [-0.1, -0.05) is 19.9 Å². The predicted octanol–water partition coefficient (Wildman–Crippen LogP) is 4.77. The number of rotatable bonds is 5. The van der Waals surface area contributed by atoms with Gasteiger partial charge in [0.1, 0.15) is 10.4 Å². The molecular formula is C26H28F3N5O3S2. The minimum absolute atomic E-state index is 0.00426. The van der Waals surface area contributed by atoms with Gasteiger partial charge in [-0.25, -0.2) is 18.4 Å². The fourth-order valence-electron chi connectivity index (χ4n) is 4.87. The molecule has 1 N–H and O–H groups in total. The molecule has 2 aromatic heterocycles. The SMILES string of the molecule is CCc1cc2c(cc1Nc1ncc(C(F)(F)F)c(-c3cc4c(s3)C(=O)N(C)CCS4(=O)=O)n1)CCN(CC)C2. The van der Waals surface area contributed by atoms with E-state index in [1.54, 1.807) is 0 Å². The topological polar surface area (TPSA) is 95.5 Å². The van der Waals surface area contributed by atoms with Gasteiger partial charge in [0, 0.05) is 38.6 Å². The summed E-state index contributed by atoms with van der Waals surface area (Å²) in [5.41, 5.74) is 2.52. The molecule has 13 heteroatoms. The van der Waals surface area contributed by atoms with Crippen molar-refractivity contribution in [2.24, 2.45) is 0 Å². The van der Waals surface area contributed by atoms with E-state index in [-0.39, 0.29) is 32.9 Å². The van der Waals surface area contributed by atoms with E-state index in [9.17, 15) is 26.4 Å². The number of aromatic nitrogens is 2. The highest BCUT2D eigenvalue weighted by Gasteiger charge is 2.38. The smallest absolute Gasteiger partial charge is 0.340 e. The van der Waals surface area contributed by atoms with E-state index >= 15 is 0 Å². The Hall–Kier alpha value is -3.03. The van der Waals surface area contributed by atoms with E-state index < -0.39 is 33.2 Å². The maximum Gasteiger partial charge on any atom is 0.420 e. The van der Waals surface area contributed by atoms with Crippen LogP contribution in [-0.2, 0) is 35.4 Å². The van der Waals surface area contributed by atoms with E-state index in [1.807, 2.05) is 13.0 Å². The molecule has 2 aliphatic rings. The van der Waals surface area contributed by atoms with Crippen molar-refractivity contribution in [1.29, 1.82) is 0 Å². The first-order chi connectivity index (χ1) is 18.4. The van der Waals surface area contributed by atoms with E-state index in [0.29, 0.717) is 29.6 Å². The first-order valence-electron chi connectivity index (χ1n) is 12.6. The van der Waals surface area contributed by atoms with Gasteiger partial charge >= 0.3 is 6.18 Å². The molecule has 208 valence electrons. The molecule has 8 nitrogen and oxygen atoms in total. The molecule has 0 fully saturated rings. The molecule has 0 saturated carbocycles. The van der Waals surface area contributed by atoms with Gasteiger partial charge in [-0.2, -0.15) is 13.2 Å². The normalized spacial score (nSPS) is 17.5. The summed E-state index contributed by atoms with van der Waals surface area (Å²) in [5.74, 6) is -0.907. The number of alkyl halides is 3. The number of aryl methyl sites for hydroxylation is 1. The van der Waals surface area contributed by atoms with Crippen LogP contribution >= 0.6 is 11.3 Å². The molecule has 0 radical (unpaired) electrons. The lowest BCUT2D eigenvalue weighted by Gasteiger charge is -2.29. The number of carbonyl (C=O) groups is 1. The number of hydrogen-bond acceptors (Lipinski definition) is 8. The Balaban J connectivity index is 1.58. The molecule has 1 amide bonds. The summed E-state index contributed by atoms with van der Waals surface area (Å²) in [4.78, 5) is 24.1. The van der Waals surface area contributed by atoms with E-state index in [4.69, 9.17) is 0 Å². The third-order valence-electron chi connectivity index (χ3n) is 7.19. The zero-order chi connectivity index (χ0) is 28.1. The molecule has 0 saturated heterocycles. The number of sulfone groups is 1. The van der Waals surface area contributed by atoms with Gasteiger partial charge in [0.2, 0.25) is 5.95 Å². The Morgan fingerprint density at radius 3 is 2.59 bits per heavy atom. The van der Waals surface area contributed by atoms with Crippen molar-refractivity contribution in [1.82, 2.24) is 19.8 Å². The van der Waals surface area contributed by atoms with Crippen LogP contribution in [0.15, 0.2) is 29.3 Å². The molecule has 0 unspecified atom stereocenters. The Bertz CT molecular complexity index is 1550. The molecule has 39 heavy (non-hydrogen) atoms. The minimum atomic E-state index is -4.79. The number of carbonyl (C=O) groups excluding carboxylic acids is 1. The first-order valence-corrected chi connectivity index (χ1v) is 15.1. The van der Waals surface area contributed by atoms with Crippen molar-refractivity contribution in [3.63, 3.8) is 0 Å². The van der Waals surface area contributed by atoms with Gasteiger partial charge in [0.05, 0.1) is 21.2 Å². The van der Waals surface area contributed by atoms with Crippen molar-refractivity contribution in [2.75, 3.05) is 37.8 Å². The van der Waals surface area contributed by atoms with Crippen LogP contribution in [0.1, 0.15) is 45.8 Å². The summed E-state index contributed by atoms with van der Waals surface area (Å²) >= 11 is 0.697. The molecule has 1 aromatic carbocycles. The van der Waals surface area contributed by atoms with E-state index in [0.717, 1.165) is 37.7 Å². The number of hydrogen-bond donors (Lipinski definition) is 1. The van der Waals surface area contributed by atoms with Gasteiger partial charge < -0.3 is 10.2 Å². The molecular weight excluding hydrogens is 551 g/mol. The fourth-order valence-corrected chi connectivity index (χ4v) is 7.90. The van der Waals surface area contributed by atoms with Crippen molar-refractivity contribution < 1.29 is 26.4 Å². The number of anilines is 2. The highest BCUT2D eigenvalue weighted by Crippen LogP contribution is 2.42. The fraction of sp³-hybridized carbons (Fsp3) is 0.423. The molecule has 0 bridgehead atoms. The van der Waals surface area contributed by atoms with Crippen LogP contribution in [-0.4, -0.2) is 66.5 Å². The zero-order valence-electron chi connectivity index (χ0n) is 21.7. The Morgan fingerprint density at radius 2 is 1.90 bits per heavy atom. The second-order valence-electron chi connectivity index (χ2n) is 9.68. The zero-order valence-corrected chi connectivity index (χ0v) is 23.4. The number of likely N-dealkylation sites (N-methyl/N-ethyl adjacent to an activating group) is 1. The summed E-state index contributed by atoms with van der Waals surface area (Å²) in [7, 11) is -2.40. The lowest BCUT2D eigenvalue weighted by Crippen LogP contribution is -2.30. The molecule has 0 spiro atoms. The van der Waals surface area contributed by atoms with Crippen LogP contribution in [0.3, 0.4) is 0 Å². The van der Waals surface area contributed by atoms with Crippen LogP contribution in [0.4, 0.5) is 24.8 Å². The second kappa shape index (κ2) is 10.2. The van der Waals surface area contributed by atoms with Crippen molar-refractivity contribution in [3.05, 3.63) is 51.5 Å². The summed E-state index contributed by atoms with van der Waals surface area (Å²) in [6.45, 7) is 6.85. The number of fused-ring (bicyclic) bond motifs is 2. The molecule has 4 heterocycles. The van der Waals surface area contributed by atoms with Gasteiger partial charge in [-0.15, -0.1) is 11.3 Å². The van der Waals surface area contributed by atoms with Crippen LogP contribution in [0, 0.1) is 0 Å². The number of amides is 1. The van der Waals surface area contributed by atoms with Crippen LogP contribution in [0.5, 0.6) is 0 Å². The van der Waals surface area contributed by atoms with Gasteiger partial charge in [0.15, 0.2) is 9.84 Å². The summed E-state index contributed by atoms with van der Waals surface area (Å²) < 4.78 is 67.6.